The Morgan fingerprint density at radius 3 is 3.00 bits per heavy atom. The molecule has 0 aliphatic carbocycles. The Balaban J connectivity index is 2.52. The van der Waals surface area contributed by atoms with E-state index in [1.54, 1.807) is 0 Å². The van der Waals surface area contributed by atoms with Gasteiger partial charge in [-0.1, -0.05) is 11.8 Å². The van der Waals surface area contributed by atoms with Gasteiger partial charge >= 0.3 is 5.69 Å². The fraction of sp³-hybridized carbons (Fsp3) is 0.167. The molecule has 0 saturated heterocycles. The van der Waals surface area contributed by atoms with Gasteiger partial charge in [0.15, 0.2) is 0 Å². The third kappa shape index (κ3) is 2.47. The van der Waals surface area contributed by atoms with E-state index in [1.165, 1.54) is 29.1 Å². The number of aromatic amines is 1. The Morgan fingerprint density at radius 2 is 2.33 bits per heavy atom. The first-order valence-corrected chi connectivity index (χ1v) is 5.24. The third-order valence-electron chi connectivity index (χ3n) is 2.23. The number of H-pyrrole nitrogens is 1. The number of halogens is 1. The predicted molar refractivity (Wildman–Crippen MR) is 62.7 cm³/mol. The van der Waals surface area contributed by atoms with Gasteiger partial charge in [-0.3, -0.25) is 0 Å². The lowest BCUT2D eigenvalue weighted by atomic mass is 10.1. The molecule has 0 amide bonds. The third-order valence-corrected chi connectivity index (χ3v) is 2.23. The lowest BCUT2D eigenvalue weighted by Gasteiger charge is -2.03. The van der Waals surface area contributed by atoms with E-state index in [0.29, 0.717) is 11.3 Å². The second-order valence-electron chi connectivity index (χ2n) is 3.47. The molecule has 1 aromatic heterocycles. The molecule has 0 atom stereocenters. The van der Waals surface area contributed by atoms with Crippen molar-refractivity contribution in [1.82, 2.24) is 14.8 Å². The second kappa shape index (κ2) is 5.29. The van der Waals surface area contributed by atoms with Crippen LogP contribution in [0.3, 0.4) is 0 Å². The van der Waals surface area contributed by atoms with Crippen LogP contribution in [0.4, 0.5) is 4.39 Å². The van der Waals surface area contributed by atoms with Crippen molar-refractivity contribution in [3.8, 4) is 17.5 Å². The van der Waals surface area contributed by atoms with Crippen molar-refractivity contribution >= 4 is 0 Å². The van der Waals surface area contributed by atoms with Gasteiger partial charge in [-0.25, -0.2) is 18.9 Å². The first-order chi connectivity index (χ1) is 8.72. The van der Waals surface area contributed by atoms with Crippen LogP contribution in [-0.2, 0) is 0 Å². The molecule has 0 fully saturated rings. The van der Waals surface area contributed by atoms with Crippen LogP contribution >= 0.6 is 0 Å². The fourth-order valence-electron chi connectivity index (χ4n) is 1.45. The van der Waals surface area contributed by atoms with E-state index in [1.807, 2.05) is 0 Å². The lowest BCUT2D eigenvalue weighted by molar-refractivity contribution is 0.305. The molecule has 18 heavy (non-hydrogen) atoms. The molecule has 92 valence electrons. The number of aliphatic hydroxyl groups excluding tert-OH is 1. The number of benzene rings is 1. The molecular weight excluding hydrogens is 237 g/mol. The Labute approximate surface area is 102 Å². The first-order valence-electron chi connectivity index (χ1n) is 5.24. The van der Waals surface area contributed by atoms with E-state index >= 15 is 0 Å². The van der Waals surface area contributed by atoms with Crippen LogP contribution in [0.2, 0.25) is 0 Å². The lowest BCUT2D eigenvalue weighted by Crippen LogP contribution is -2.15. The first kappa shape index (κ1) is 12.1. The van der Waals surface area contributed by atoms with E-state index in [4.69, 9.17) is 5.11 Å². The highest BCUT2D eigenvalue weighted by Crippen LogP contribution is 2.13. The van der Waals surface area contributed by atoms with Gasteiger partial charge in [-0.15, -0.1) is 0 Å². The molecule has 0 saturated carbocycles. The van der Waals surface area contributed by atoms with Crippen LogP contribution in [0.15, 0.2) is 29.3 Å². The van der Waals surface area contributed by atoms with Crippen LogP contribution in [0.5, 0.6) is 0 Å². The van der Waals surface area contributed by atoms with Crippen molar-refractivity contribution in [2.45, 2.75) is 6.42 Å². The molecule has 0 aliphatic heterocycles. The molecule has 0 radical (unpaired) electrons. The Bertz CT molecular complexity index is 664. The van der Waals surface area contributed by atoms with Gasteiger partial charge in [0.2, 0.25) is 0 Å². The summed E-state index contributed by atoms with van der Waals surface area (Å²) < 4.78 is 14.4. The van der Waals surface area contributed by atoms with Gasteiger partial charge in [0.25, 0.3) is 0 Å². The minimum atomic E-state index is -0.441. The summed E-state index contributed by atoms with van der Waals surface area (Å²) >= 11 is 0. The molecule has 1 heterocycles. The summed E-state index contributed by atoms with van der Waals surface area (Å²) in [6.45, 7) is -0.0662. The van der Waals surface area contributed by atoms with Gasteiger partial charge in [-0.05, 0) is 18.2 Å². The molecule has 0 unspecified atom stereocenters. The van der Waals surface area contributed by atoms with Crippen LogP contribution < -0.4 is 5.69 Å². The van der Waals surface area contributed by atoms with E-state index in [9.17, 15) is 9.18 Å². The molecular formula is C12H10FN3O2. The zero-order valence-electron chi connectivity index (χ0n) is 9.35. The highest BCUT2D eigenvalue weighted by atomic mass is 19.1. The average Bonchev–Trinajstić information content (AvgIpc) is 2.76. The highest BCUT2D eigenvalue weighted by molar-refractivity contribution is 5.51. The maximum Gasteiger partial charge on any atom is 0.347 e. The predicted octanol–water partition coefficient (Wildman–Crippen LogP) is 0.434. The van der Waals surface area contributed by atoms with E-state index in [2.05, 4.69) is 22.0 Å². The molecule has 2 aromatic rings. The molecule has 0 bridgehead atoms. The number of nitrogens with one attached hydrogen (secondary N) is 1. The quantitative estimate of drug-likeness (QED) is 0.756. The van der Waals surface area contributed by atoms with Gasteiger partial charge in [0.05, 0.1) is 17.9 Å². The Hall–Kier alpha value is -2.39. The average molecular weight is 247 g/mol. The summed E-state index contributed by atoms with van der Waals surface area (Å²) in [6.07, 6.45) is 1.59. The van der Waals surface area contributed by atoms with Crippen LogP contribution in [-0.4, -0.2) is 26.5 Å². The normalized spacial score (nSPS) is 9.89. The number of hydrogen-bond donors (Lipinski definition) is 2. The molecule has 2 N–H and O–H groups in total. The van der Waals surface area contributed by atoms with Crippen molar-refractivity contribution in [3.05, 3.63) is 46.4 Å². The van der Waals surface area contributed by atoms with E-state index in [0.717, 1.165) is 0 Å². The topological polar surface area (TPSA) is 70.9 Å². The van der Waals surface area contributed by atoms with Crippen LogP contribution in [0.25, 0.3) is 5.69 Å². The zero-order valence-corrected chi connectivity index (χ0v) is 9.35. The Morgan fingerprint density at radius 1 is 1.50 bits per heavy atom. The summed E-state index contributed by atoms with van der Waals surface area (Å²) in [5, 5.41) is 14.5. The smallest absolute Gasteiger partial charge is 0.347 e. The minimum Gasteiger partial charge on any atom is -0.395 e. The van der Waals surface area contributed by atoms with Gasteiger partial charge < -0.3 is 5.11 Å². The summed E-state index contributed by atoms with van der Waals surface area (Å²) in [5.74, 6) is 4.97. The number of aliphatic hydroxyl groups is 1. The number of aromatic nitrogens is 3. The van der Waals surface area contributed by atoms with Crippen molar-refractivity contribution in [3.63, 3.8) is 0 Å². The standard InChI is InChI=1S/C12H10FN3O2/c13-10-4-5-11(16-8-14-15-12(16)18)9(7-10)3-1-2-6-17/h4-5,7-8,17H,2,6H2,(H,15,18). The molecule has 5 nitrogen and oxygen atoms in total. The highest BCUT2D eigenvalue weighted by Gasteiger charge is 2.07. The van der Waals surface area contributed by atoms with Crippen molar-refractivity contribution in [2.75, 3.05) is 6.61 Å². The maximum absolute atomic E-state index is 13.2. The van der Waals surface area contributed by atoms with Crippen LogP contribution in [0.1, 0.15) is 12.0 Å². The second-order valence-corrected chi connectivity index (χ2v) is 3.47. The van der Waals surface area contributed by atoms with Gasteiger partial charge in [0, 0.05) is 6.42 Å². The Kier molecular flexibility index (Phi) is 3.55. The molecule has 6 heteroatoms. The minimum absolute atomic E-state index is 0.0662. The largest absolute Gasteiger partial charge is 0.395 e. The van der Waals surface area contributed by atoms with Crippen molar-refractivity contribution < 1.29 is 9.50 Å². The van der Waals surface area contributed by atoms with Crippen molar-refractivity contribution in [2.24, 2.45) is 0 Å². The number of rotatable bonds is 2. The molecule has 0 spiro atoms. The van der Waals surface area contributed by atoms with Gasteiger partial charge in [-0.2, -0.15) is 5.10 Å². The SMILES string of the molecule is O=c1[nH]ncn1-c1ccc(F)cc1C#CCCO. The molecule has 2 rings (SSSR count). The summed E-state index contributed by atoms with van der Waals surface area (Å²) in [5.41, 5.74) is 0.388. The van der Waals surface area contributed by atoms with Crippen LogP contribution in [0, 0.1) is 17.7 Å². The van der Waals surface area contributed by atoms with E-state index in [-0.39, 0.29) is 13.0 Å². The monoisotopic (exact) mass is 247 g/mol. The zero-order chi connectivity index (χ0) is 13.0. The van der Waals surface area contributed by atoms with Crippen molar-refractivity contribution in [1.29, 1.82) is 0 Å². The summed E-state index contributed by atoms with van der Waals surface area (Å²) in [7, 11) is 0. The number of nitrogens with zero attached hydrogens (tertiary/aromatic N) is 2. The maximum atomic E-state index is 13.2. The fourth-order valence-corrected chi connectivity index (χ4v) is 1.45. The number of hydrogen-bond acceptors (Lipinski definition) is 3. The van der Waals surface area contributed by atoms with E-state index < -0.39 is 11.5 Å². The summed E-state index contributed by atoms with van der Waals surface area (Å²) in [6, 6.07) is 3.93. The molecule has 0 aliphatic rings. The molecule has 1 aromatic carbocycles. The van der Waals surface area contributed by atoms with Gasteiger partial charge in [0.1, 0.15) is 12.1 Å². The summed E-state index contributed by atoms with van der Waals surface area (Å²) in [4.78, 5) is 11.4.